The quantitative estimate of drug-likeness (QED) is 0.661. The topological polar surface area (TPSA) is 69.9 Å². The third-order valence-corrected chi connectivity index (χ3v) is 7.19. The van der Waals surface area contributed by atoms with Gasteiger partial charge in [0.05, 0.1) is 31.2 Å². The van der Waals surface area contributed by atoms with Gasteiger partial charge in [-0.2, -0.15) is 0 Å². The molecule has 0 bridgehead atoms. The minimum atomic E-state index is -0.931. The van der Waals surface area contributed by atoms with Gasteiger partial charge in [0.1, 0.15) is 5.75 Å². The Hall–Kier alpha value is -1.24. The van der Waals surface area contributed by atoms with Crippen molar-refractivity contribution in [3.05, 3.63) is 63.7 Å². The summed E-state index contributed by atoms with van der Waals surface area (Å²) in [7, 11) is 1.57. The molecule has 6 heteroatoms. The van der Waals surface area contributed by atoms with Crippen molar-refractivity contribution in [3.8, 4) is 5.75 Å². The third kappa shape index (κ3) is 4.66. The zero-order valence-corrected chi connectivity index (χ0v) is 17.7. The maximum absolute atomic E-state index is 10.6. The first kappa shape index (κ1) is 21.5. The Morgan fingerprint density at radius 2 is 1.82 bits per heavy atom. The molecule has 28 heavy (non-hydrogen) atoms. The number of hydrogen-bond donors (Lipinski definition) is 3. The number of aliphatic hydroxyl groups excluding tert-OH is 3. The van der Waals surface area contributed by atoms with Crippen molar-refractivity contribution in [2.45, 2.75) is 48.9 Å². The van der Waals surface area contributed by atoms with Crippen LogP contribution in [0.1, 0.15) is 40.8 Å². The van der Waals surface area contributed by atoms with Gasteiger partial charge in [0.25, 0.3) is 0 Å². The summed E-state index contributed by atoms with van der Waals surface area (Å²) in [5.74, 6) is 0.581. The van der Waals surface area contributed by atoms with E-state index in [1.54, 1.807) is 13.2 Å². The highest BCUT2D eigenvalue weighted by Crippen LogP contribution is 2.47. The zero-order chi connectivity index (χ0) is 20.3. The Morgan fingerprint density at radius 1 is 1.14 bits per heavy atom. The van der Waals surface area contributed by atoms with Crippen molar-refractivity contribution in [2.24, 2.45) is 0 Å². The predicted molar refractivity (Wildman–Crippen MR) is 114 cm³/mol. The van der Waals surface area contributed by atoms with Crippen LogP contribution in [0, 0.1) is 0 Å². The van der Waals surface area contributed by atoms with E-state index in [-0.39, 0.29) is 11.9 Å². The van der Waals surface area contributed by atoms with Gasteiger partial charge in [-0.1, -0.05) is 42.8 Å². The molecular weight excluding hydrogens is 396 g/mol. The Morgan fingerprint density at radius 3 is 2.43 bits per heavy atom. The SMILES string of the molecule is CCc1ccc(Cc2cc([C@@H]3S[C@H](CO)C[C@H](O)[C@H]3O)c(OC)cc2Cl)cc1. The highest BCUT2D eigenvalue weighted by molar-refractivity contribution is 8.00. The molecular formula is C22H27ClO4S. The summed E-state index contributed by atoms with van der Waals surface area (Å²) in [4.78, 5) is 0. The summed E-state index contributed by atoms with van der Waals surface area (Å²) in [6.45, 7) is 2.08. The molecule has 0 saturated carbocycles. The molecule has 3 N–H and O–H groups in total. The molecule has 0 radical (unpaired) electrons. The fourth-order valence-corrected chi connectivity index (χ4v) is 5.30. The number of ether oxygens (including phenoxy) is 1. The first-order chi connectivity index (χ1) is 13.5. The highest BCUT2D eigenvalue weighted by Gasteiger charge is 2.38. The Labute approximate surface area is 175 Å². The smallest absolute Gasteiger partial charge is 0.124 e. The van der Waals surface area contributed by atoms with E-state index >= 15 is 0 Å². The van der Waals surface area contributed by atoms with Crippen molar-refractivity contribution in [3.63, 3.8) is 0 Å². The van der Waals surface area contributed by atoms with E-state index < -0.39 is 17.5 Å². The van der Waals surface area contributed by atoms with Crippen molar-refractivity contribution in [1.82, 2.24) is 0 Å². The van der Waals surface area contributed by atoms with Crippen LogP contribution in [0.2, 0.25) is 5.02 Å². The van der Waals surface area contributed by atoms with Crippen molar-refractivity contribution >= 4 is 23.4 Å². The van der Waals surface area contributed by atoms with Crippen molar-refractivity contribution < 1.29 is 20.1 Å². The molecule has 0 amide bonds. The van der Waals surface area contributed by atoms with Crippen LogP contribution < -0.4 is 4.74 Å². The van der Waals surface area contributed by atoms with Crippen LogP contribution in [0.3, 0.4) is 0 Å². The molecule has 0 aliphatic carbocycles. The molecule has 4 atom stereocenters. The van der Waals surface area contributed by atoms with Crippen LogP contribution in [0.15, 0.2) is 36.4 Å². The third-order valence-electron chi connectivity index (χ3n) is 5.28. The average molecular weight is 423 g/mol. The largest absolute Gasteiger partial charge is 0.496 e. The lowest BCUT2D eigenvalue weighted by atomic mass is 9.95. The van der Waals surface area contributed by atoms with Gasteiger partial charge in [-0.05, 0) is 48.1 Å². The number of halogens is 1. The second kappa shape index (κ2) is 9.51. The molecule has 3 rings (SSSR count). The zero-order valence-electron chi connectivity index (χ0n) is 16.1. The maximum atomic E-state index is 10.6. The molecule has 1 aliphatic rings. The number of rotatable bonds is 6. The van der Waals surface area contributed by atoms with E-state index in [1.807, 2.05) is 6.07 Å². The molecule has 2 aromatic rings. The van der Waals surface area contributed by atoms with Crippen LogP contribution in [0.25, 0.3) is 0 Å². The Balaban J connectivity index is 1.94. The Kier molecular flexibility index (Phi) is 7.29. The van der Waals surface area contributed by atoms with Gasteiger partial charge in [0.2, 0.25) is 0 Å². The fraction of sp³-hybridized carbons (Fsp3) is 0.455. The minimum absolute atomic E-state index is 0.0442. The van der Waals surface area contributed by atoms with E-state index in [4.69, 9.17) is 16.3 Å². The predicted octanol–water partition coefficient (Wildman–Crippen LogP) is 3.76. The average Bonchev–Trinajstić information content (AvgIpc) is 2.71. The van der Waals surface area contributed by atoms with E-state index in [2.05, 4.69) is 31.2 Å². The molecule has 1 aliphatic heterocycles. The molecule has 1 fully saturated rings. The standard InChI is InChI=1S/C22H27ClO4S/c1-3-13-4-6-14(7-5-13)8-15-9-17(20(27-2)11-18(15)23)22-21(26)19(25)10-16(12-24)28-22/h4-7,9,11,16,19,21-22,24-26H,3,8,10,12H2,1-2H3/t16-,19-,21+,22-/m0/s1. The summed E-state index contributed by atoms with van der Waals surface area (Å²) in [6, 6.07) is 12.2. The summed E-state index contributed by atoms with van der Waals surface area (Å²) >= 11 is 7.98. The van der Waals surface area contributed by atoms with E-state index in [1.165, 1.54) is 17.3 Å². The molecule has 152 valence electrons. The molecule has 0 unspecified atom stereocenters. The number of aliphatic hydroxyl groups is 3. The molecule has 0 aromatic heterocycles. The molecule has 0 spiro atoms. The van der Waals surface area contributed by atoms with E-state index in [0.717, 1.165) is 23.1 Å². The highest BCUT2D eigenvalue weighted by atomic mass is 35.5. The van der Waals surface area contributed by atoms with Gasteiger partial charge < -0.3 is 20.1 Å². The second-order valence-electron chi connectivity index (χ2n) is 7.19. The van der Waals surface area contributed by atoms with Gasteiger partial charge in [-0.25, -0.2) is 0 Å². The van der Waals surface area contributed by atoms with Crippen LogP contribution in [0.4, 0.5) is 0 Å². The Bertz CT molecular complexity index is 796. The lowest BCUT2D eigenvalue weighted by molar-refractivity contribution is 0.00497. The summed E-state index contributed by atoms with van der Waals surface area (Å²) in [5.41, 5.74) is 4.17. The summed E-state index contributed by atoms with van der Waals surface area (Å²) in [5, 5.41) is 30.5. The molecule has 4 nitrogen and oxygen atoms in total. The van der Waals surface area contributed by atoms with Crippen molar-refractivity contribution in [2.75, 3.05) is 13.7 Å². The van der Waals surface area contributed by atoms with Gasteiger partial charge in [0.15, 0.2) is 0 Å². The monoisotopic (exact) mass is 422 g/mol. The normalized spacial score (nSPS) is 24.9. The lowest BCUT2D eigenvalue weighted by Crippen LogP contribution is -2.39. The van der Waals surface area contributed by atoms with Crippen molar-refractivity contribution in [1.29, 1.82) is 0 Å². The number of aryl methyl sites for hydroxylation is 1. The number of methoxy groups -OCH3 is 1. The number of hydrogen-bond acceptors (Lipinski definition) is 5. The fourth-order valence-electron chi connectivity index (χ4n) is 3.60. The lowest BCUT2D eigenvalue weighted by Gasteiger charge is -2.36. The maximum Gasteiger partial charge on any atom is 0.124 e. The van der Waals surface area contributed by atoms with Gasteiger partial charge in [-0.3, -0.25) is 0 Å². The summed E-state index contributed by atoms with van der Waals surface area (Å²) < 4.78 is 5.51. The molecule has 1 heterocycles. The first-order valence-electron chi connectivity index (χ1n) is 9.53. The first-order valence-corrected chi connectivity index (χ1v) is 10.9. The van der Waals surface area contributed by atoms with Crippen LogP contribution >= 0.6 is 23.4 Å². The van der Waals surface area contributed by atoms with E-state index in [9.17, 15) is 15.3 Å². The second-order valence-corrected chi connectivity index (χ2v) is 9.04. The van der Waals surface area contributed by atoms with Gasteiger partial charge in [0, 0.05) is 15.8 Å². The van der Waals surface area contributed by atoms with Gasteiger partial charge >= 0.3 is 0 Å². The van der Waals surface area contributed by atoms with Crippen LogP contribution in [0.5, 0.6) is 5.75 Å². The van der Waals surface area contributed by atoms with Crippen LogP contribution in [-0.2, 0) is 12.8 Å². The van der Waals surface area contributed by atoms with Gasteiger partial charge in [-0.15, -0.1) is 11.8 Å². The minimum Gasteiger partial charge on any atom is -0.496 e. The summed E-state index contributed by atoms with van der Waals surface area (Å²) in [6.07, 6.45) is 0.220. The van der Waals surface area contributed by atoms with E-state index in [0.29, 0.717) is 23.6 Å². The molecule has 1 saturated heterocycles. The molecule has 2 aromatic carbocycles. The number of benzene rings is 2. The number of thioether (sulfide) groups is 1. The van der Waals surface area contributed by atoms with Crippen LogP contribution in [-0.4, -0.2) is 46.5 Å².